The second-order valence-corrected chi connectivity index (χ2v) is 3.21. The third-order valence-corrected chi connectivity index (χ3v) is 1.78. The lowest BCUT2D eigenvalue weighted by Gasteiger charge is -2.21. The van der Waals surface area contributed by atoms with Crippen LogP contribution in [0, 0.1) is 5.92 Å². The molecule has 0 saturated carbocycles. The molecule has 0 saturated heterocycles. The fraction of sp³-hybridized carbons (Fsp3) is 0.625. The van der Waals surface area contributed by atoms with Crippen LogP contribution < -0.4 is 0 Å². The van der Waals surface area contributed by atoms with Crippen LogP contribution in [-0.2, 0) is 9.53 Å². The molecule has 0 rings (SSSR count). The maximum Gasteiger partial charge on any atom is 0.407 e. The molecule has 0 aromatic rings. The molecule has 0 aromatic heterocycles. The molecule has 0 atom stereocenters. The van der Waals surface area contributed by atoms with E-state index in [-0.39, 0.29) is 6.61 Å². The Hall–Kier alpha value is -0.920. The first-order valence-corrected chi connectivity index (χ1v) is 4.54. The number of ether oxygens (including phenoxy) is 1. The molecular weight excluding hydrogens is 278 g/mol. The van der Waals surface area contributed by atoms with E-state index in [0.717, 1.165) is 0 Å². The highest BCUT2D eigenvalue weighted by Gasteiger charge is 2.61. The Morgan fingerprint density at radius 1 is 1.24 bits per heavy atom. The van der Waals surface area contributed by atoms with Gasteiger partial charge in [-0.1, -0.05) is 11.6 Å². The summed E-state index contributed by atoms with van der Waals surface area (Å²) in [5.41, 5.74) is 0. The molecule has 2 nitrogen and oxygen atoms in total. The molecule has 0 N–H and O–H groups in total. The van der Waals surface area contributed by atoms with Crippen LogP contribution in [0.1, 0.15) is 6.92 Å². The van der Waals surface area contributed by atoms with E-state index >= 15 is 0 Å². The standard InChI is InChI=1S/C8H7ClF6O2/c1-2-17-3-4(9)5(16)6(7(10,11)12)8(13,14)15/h3,6H,2H2,1H3/b4-3-. The smallest absolute Gasteiger partial charge is 0.407 e. The molecule has 0 fully saturated rings. The van der Waals surface area contributed by atoms with Gasteiger partial charge in [-0.25, -0.2) is 0 Å². The number of halogens is 7. The van der Waals surface area contributed by atoms with Crippen molar-refractivity contribution in [3.8, 4) is 0 Å². The van der Waals surface area contributed by atoms with Crippen LogP contribution in [-0.4, -0.2) is 24.7 Å². The van der Waals surface area contributed by atoms with Gasteiger partial charge in [-0.2, -0.15) is 26.3 Å². The largest absolute Gasteiger partial charge is 0.500 e. The Bertz CT molecular complexity index is 292. The third-order valence-electron chi connectivity index (χ3n) is 1.51. The van der Waals surface area contributed by atoms with Crippen molar-refractivity contribution >= 4 is 17.4 Å². The monoisotopic (exact) mass is 284 g/mol. The molecule has 0 unspecified atom stereocenters. The predicted octanol–water partition coefficient (Wildman–Crippen LogP) is 3.41. The molecule has 0 heterocycles. The van der Waals surface area contributed by atoms with Gasteiger partial charge in [0.25, 0.3) is 0 Å². The van der Waals surface area contributed by atoms with Crippen molar-refractivity contribution in [3.63, 3.8) is 0 Å². The Morgan fingerprint density at radius 2 is 1.65 bits per heavy atom. The molecule has 100 valence electrons. The first-order valence-electron chi connectivity index (χ1n) is 4.16. The molecule has 0 aliphatic heterocycles. The molecular formula is C8H7ClF6O2. The number of hydrogen-bond acceptors (Lipinski definition) is 2. The van der Waals surface area contributed by atoms with E-state index in [0.29, 0.717) is 6.26 Å². The van der Waals surface area contributed by atoms with Gasteiger partial charge in [0.1, 0.15) is 11.3 Å². The lowest BCUT2D eigenvalue weighted by Crippen LogP contribution is -2.42. The van der Waals surface area contributed by atoms with Crippen molar-refractivity contribution < 1.29 is 35.9 Å². The molecule has 0 aliphatic rings. The quantitative estimate of drug-likeness (QED) is 0.449. The van der Waals surface area contributed by atoms with Crippen molar-refractivity contribution in [3.05, 3.63) is 11.3 Å². The number of hydrogen-bond donors (Lipinski definition) is 0. The van der Waals surface area contributed by atoms with Crippen LogP contribution >= 0.6 is 11.6 Å². The first kappa shape index (κ1) is 16.1. The summed E-state index contributed by atoms with van der Waals surface area (Å²) in [7, 11) is 0. The van der Waals surface area contributed by atoms with Gasteiger partial charge in [-0.15, -0.1) is 0 Å². The molecule has 17 heavy (non-hydrogen) atoms. The summed E-state index contributed by atoms with van der Waals surface area (Å²) in [4.78, 5) is 10.9. The number of carbonyl (C=O) groups is 1. The first-order chi connectivity index (χ1) is 7.51. The zero-order chi connectivity index (χ0) is 13.9. The van der Waals surface area contributed by atoms with E-state index in [1.54, 1.807) is 0 Å². The summed E-state index contributed by atoms with van der Waals surface area (Å²) in [5, 5.41) is -1.26. The minimum Gasteiger partial charge on any atom is -0.500 e. The topological polar surface area (TPSA) is 26.3 Å². The highest BCUT2D eigenvalue weighted by atomic mass is 35.5. The maximum atomic E-state index is 12.1. The zero-order valence-electron chi connectivity index (χ0n) is 8.32. The maximum absolute atomic E-state index is 12.1. The fourth-order valence-corrected chi connectivity index (χ4v) is 1.01. The number of Topliss-reactive ketones (excluding diaryl/α,β-unsaturated/α-hetero) is 1. The van der Waals surface area contributed by atoms with Crippen molar-refractivity contribution in [1.29, 1.82) is 0 Å². The van der Waals surface area contributed by atoms with Crippen LogP contribution in [0.25, 0.3) is 0 Å². The Morgan fingerprint density at radius 3 is 1.94 bits per heavy atom. The van der Waals surface area contributed by atoms with E-state index in [4.69, 9.17) is 11.6 Å². The second-order valence-electron chi connectivity index (χ2n) is 2.80. The van der Waals surface area contributed by atoms with Crippen molar-refractivity contribution in [2.45, 2.75) is 19.3 Å². The predicted molar refractivity (Wildman–Crippen MR) is 46.2 cm³/mol. The van der Waals surface area contributed by atoms with Crippen LogP contribution in [0.4, 0.5) is 26.3 Å². The van der Waals surface area contributed by atoms with Crippen molar-refractivity contribution in [2.24, 2.45) is 5.92 Å². The Kier molecular flexibility index (Phi) is 5.31. The van der Waals surface area contributed by atoms with E-state index in [9.17, 15) is 31.1 Å². The fourth-order valence-electron chi connectivity index (χ4n) is 0.835. The molecule has 0 aliphatic carbocycles. The van der Waals surface area contributed by atoms with Gasteiger partial charge in [0.05, 0.1) is 6.61 Å². The number of allylic oxidation sites excluding steroid dienone is 1. The van der Waals surface area contributed by atoms with Crippen LogP contribution in [0.2, 0.25) is 0 Å². The summed E-state index contributed by atoms with van der Waals surface area (Å²) in [6.45, 7) is 1.36. The van der Waals surface area contributed by atoms with Crippen LogP contribution in [0.15, 0.2) is 11.3 Å². The van der Waals surface area contributed by atoms with E-state index in [1.165, 1.54) is 6.92 Å². The normalized spacial score (nSPS) is 14.1. The summed E-state index contributed by atoms with van der Waals surface area (Å²) in [6.07, 6.45) is -11.2. The van der Waals surface area contributed by atoms with Gasteiger partial charge in [-0.3, -0.25) is 4.79 Å². The van der Waals surface area contributed by atoms with Gasteiger partial charge in [0.15, 0.2) is 5.78 Å². The highest BCUT2D eigenvalue weighted by Crippen LogP contribution is 2.41. The molecule has 0 aromatic carbocycles. The van der Waals surface area contributed by atoms with Crippen molar-refractivity contribution in [2.75, 3.05) is 6.61 Å². The van der Waals surface area contributed by atoms with Crippen LogP contribution in [0.5, 0.6) is 0 Å². The van der Waals surface area contributed by atoms with Crippen LogP contribution in [0.3, 0.4) is 0 Å². The van der Waals surface area contributed by atoms with Gasteiger partial charge < -0.3 is 4.74 Å². The van der Waals surface area contributed by atoms with Gasteiger partial charge in [0.2, 0.25) is 5.92 Å². The van der Waals surface area contributed by atoms with E-state index in [2.05, 4.69) is 4.74 Å². The third kappa shape index (κ3) is 4.84. The Balaban J connectivity index is 5.17. The minimum atomic E-state index is -5.75. The number of rotatable bonds is 4. The number of ketones is 1. The van der Waals surface area contributed by atoms with Gasteiger partial charge >= 0.3 is 12.4 Å². The second kappa shape index (κ2) is 5.61. The molecule has 0 amide bonds. The lowest BCUT2D eigenvalue weighted by atomic mass is 10.0. The number of carbonyl (C=O) groups excluding carboxylic acids is 1. The molecule has 0 bridgehead atoms. The van der Waals surface area contributed by atoms with Crippen molar-refractivity contribution in [1.82, 2.24) is 0 Å². The summed E-state index contributed by atoms with van der Waals surface area (Å²) in [5.74, 6) is -6.43. The number of alkyl halides is 6. The van der Waals surface area contributed by atoms with Gasteiger partial charge in [0, 0.05) is 0 Å². The average Bonchev–Trinajstić information content (AvgIpc) is 2.09. The molecule has 9 heteroatoms. The van der Waals surface area contributed by atoms with E-state index < -0.39 is 29.1 Å². The van der Waals surface area contributed by atoms with E-state index in [1.807, 2.05) is 0 Å². The lowest BCUT2D eigenvalue weighted by molar-refractivity contribution is -0.272. The Labute approximate surface area is 97.2 Å². The summed E-state index contributed by atoms with van der Waals surface area (Å²) < 4.78 is 76.8. The molecule has 0 spiro atoms. The minimum absolute atomic E-state index is 0.0494. The molecule has 0 radical (unpaired) electrons. The van der Waals surface area contributed by atoms with Gasteiger partial charge in [-0.05, 0) is 6.92 Å². The summed E-state index contributed by atoms with van der Waals surface area (Å²) >= 11 is 5.00. The SMILES string of the molecule is CCO/C=C(\Cl)C(=O)C(C(F)(F)F)C(F)(F)F. The average molecular weight is 285 g/mol. The summed E-state index contributed by atoms with van der Waals surface area (Å²) in [6, 6.07) is 0. The highest BCUT2D eigenvalue weighted by molar-refractivity contribution is 6.42. The zero-order valence-corrected chi connectivity index (χ0v) is 9.08.